The topological polar surface area (TPSA) is 78.5 Å². The summed E-state index contributed by atoms with van der Waals surface area (Å²) in [7, 11) is 0. The zero-order chi connectivity index (χ0) is 16.2. The van der Waals surface area contributed by atoms with E-state index in [0.717, 1.165) is 11.1 Å². The molecule has 1 atom stereocenters. The lowest BCUT2D eigenvalue weighted by molar-refractivity contribution is -0.309. The van der Waals surface area contributed by atoms with Gasteiger partial charge in [0.2, 0.25) is 0 Å². The highest BCUT2D eigenvalue weighted by Gasteiger charge is 2.17. The van der Waals surface area contributed by atoms with Crippen LogP contribution in [0.3, 0.4) is 0 Å². The number of halogens is 1. The van der Waals surface area contributed by atoms with E-state index in [1.807, 2.05) is 13.8 Å². The van der Waals surface area contributed by atoms with Crippen LogP contribution in [-0.4, -0.2) is 24.5 Å². The summed E-state index contributed by atoms with van der Waals surface area (Å²) in [6, 6.07) is 2.41. The van der Waals surface area contributed by atoms with E-state index in [0.29, 0.717) is 10.8 Å². The molecule has 0 aliphatic heterocycles. The highest BCUT2D eigenvalue weighted by molar-refractivity contribution is 6.32. The number of nitrogens with one attached hydrogen (secondary N) is 1. The Morgan fingerprint density at radius 2 is 1.81 bits per heavy atom. The van der Waals surface area contributed by atoms with Crippen LogP contribution in [0.4, 0.5) is 0 Å². The number of carboxylic acids is 1. The van der Waals surface area contributed by atoms with Crippen molar-refractivity contribution >= 4 is 23.5 Å². The number of hydrogen-bond donors (Lipinski definition) is 1. The molecule has 1 aromatic rings. The Morgan fingerprint density at radius 3 is 2.24 bits per heavy atom. The first-order chi connectivity index (χ1) is 9.72. The van der Waals surface area contributed by atoms with Crippen LogP contribution < -0.4 is 15.2 Å². The molecule has 1 rings (SSSR count). The monoisotopic (exact) mass is 312 g/mol. The maximum atomic E-state index is 11.7. The second-order valence-corrected chi connectivity index (χ2v) is 5.65. The van der Waals surface area contributed by atoms with Gasteiger partial charge in [0.1, 0.15) is 5.75 Å². The van der Waals surface area contributed by atoms with Crippen molar-refractivity contribution in [3.8, 4) is 5.75 Å². The Bertz CT molecular complexity index is 519. The van der Waals surface area contributed by atoms with Gasteiger partial charge in [-0.2, -0.15) is 0 Å². The number of hydrogen-bond acceptors (Lipinski definition) is 4. The molecule has 5 nitrogen and oxygen atoms in total. The number of ether oxygens (including phenoxy) is 1. The van der Waals surface area contributed by atoms with Gasteiger partial charge in [0.05, 0.1) is 12.0 Å². The lowest BCUT2D eigenvalue weighted by Gasteiger charge is -2.23. The second kappa shape index (κ2) is 7.31. The minimum absolute atomic E-state index is 0.265. The van der Waals surface area contributed by atoms with Gasteiger partial charge in [0, 0.05) is 5.02 Å². The average molecular weight is 313 g/mol. The molecule has 0 aromatic heterocycles. The maximum Gasteiger partial charge on any atom is 0.258 e. The van der Waals surface area contributed by atoms with Crippen LogP contribution in [0.2, 0.25) is 5.02 Å². The third kappa shape index (κ3) is 4.93. The van der Waals surface area contributed by atoms with Gasteiger partial charge in [-0.25, -0.2) is 0 Å². The molecule has 6 heteroatoms. The van der Waals surface area contributed by atoms with E-state index in [9.17, 15) is 14.7 Å². The van der Waals surface area contributed by atoms with Crippen LogP contribution in [0.15, 0.2) is 12.1 Å². The van der Waals surface area contributed by atoms with Gasteiger partial charge in [0.25, 0.3) is 5.91 Å². The summed E-state index contributed by atoms with van der Waals surface area (Å²) in [5.41, 5.74) is 1.70. The third-order valence-corrected chi connectivity index (χ3v) is 3.61. The molecule has 1 N–H and O–H groups in total. The van der Waals surface area contributed by atoms with E-state index in [1.165, 1.54) is 0 Å². The van der Waals surface area contributed by atoms with Crippen molar-refractivity contribution in [3.63, 3.8) is 0 Å². The average Bonchev–Trinajstić information content (AvgIpc) is 2.38. The van der Waals surface area contributed by atoms with E-state index in [2.05, 4.69) is 5.32 Å². The predicted molar refractivity (Wildman–Crippen MR) is 78.2 cm³/mol. The molecule has 0 saturated carbocycles. The molecule has 0 aliphatic rings. The number of aryl methyl sites for hydroxylation is 2. The fourth-order valence-electron chi connectivity index (χ4n) is 1.85. The fraction of sp³-hybridized carbons (Fsp3) is 0.467. The van der Waals surface area contributed by atoms with Gasteiger partial charge in [-0.1, -0.05) is 25.4 Å². The molecular formula is C15H19ClNO4-. The Morgan fingerprint density at radius 1 is 1.29 bits per heavy atom. The first-order valence-electron chi connectivity index (χ1n) is 6.62. The van der Waals surface area contributed by atoms with Crippen molar-refractivity contribution in [2.45, 2.75) is 33.7 Å². The van der Waals surface area contributed by atoms with Gasteiger partial charge in [0.15, 0.2) is 6.61 Å². The van der Waals surface area contributed by atoms with Crippen LogP contribution in [-0.2, 0) is 9.59 Å². The van der Waals surface area contributed by atoms with Crippen molar-refractivity contribution in [2.24, 2.45) is 5.92 Å². The number of carboxylic acid groups (broad SMARTS) is 1. The van der Waals surface area contributed by atoms with Gasteiger partial charge >= 0.3 is 0 Å². The molecule has 0 saturated heterocycles. The van der Waals surface area contributed by atoms with Crippen LogP contribution in [0.25, 0.3) is 0 Å². The Kier molecular flexibility index (Phi) is 6.03. The van der Waals surface area contributed by atoms with Crippen molar-refractivity contribution in [1.82, 2.24) is 5.32 Å². The summed E-state index contributed by atoms with van der Waals surface area (Å²) >= 11 is 6.04. The lowest BCUT2D eigenvalue weighted by Crippen LogP contribution is -2.51. The van der Waals surface area contributed by atoms with E-state index in [1.54, 1.807) is 26.0 Å². The van der Waals surface area contributed by atoms with Gasteiger partial charge in [-0.05, 0) is 43.0 Å². The largest absolute Gasteiger partial charge is 0.548 e. The molecule has 0 spiro atoms. The highest BCUT2D eigenvalue weighted by atomic mass is 35.5. The highest BCUT2D eigenvalue weighted by Crippen LogP contribution is 2.25. The van der Waals surface area contributed by atoms with Crippen molar-refractivity contribution in [1.29, 1.82) is 0 Å². The quantitative estimate of drug-likeness (QED) is 0.857. The Labute approximate surface area is 129 Å². The number of carbonyl (C=O) groups excluding carboxylic acids is 2. The molecule has 0 bridgehead atoms. The fourth-order valence-corrected chi connectivity index (χ4v) is 1.96. The molecule has 0 aliphatic carbocycles. The zero-order valence-corrected chi connectivity index (χ0v) is 13.3. The van der Waals surface area contributed by atoms with E-state index in [-0.39, 0.29) is 12.5 Å². The number of benzene rings is 1. The Hall–Kier alpha value is -1.75. The molecule has 1 amide bonds. The van der Waals surface area contributed by atoms with Crippen LogP contribution in [0.5, 0.6) is 5.75 Å². The summed E-state index contributed by atoms with van der Waals surface area (Å²) in [5.74, 6) is -1.57. The number of carbonyl (C=O) groups is 2. The van der Waals surface area contributed by atoms with Crippen LogP contribution in [0.1, 0.15) is 25.0 Å². The first-order valence-corrected chi connectivity index (χ1v) is 7.00. The van der Waals surface area contributed by atoms with E-state index in [4.69, 9.17) is 16.3 Å². The normalized spacial score (nSPS) is 12.1. The molecule has 1 aromatic carbocycles. The predicted octanol–water partition coefficient (Wildman–Crippen LogP) is 1.23. The minimum Gasteiger partial charge on any atom is -0.548 e. The van der Waals surface area contributed by atoms with E-state index >= 15 is 0 Å². The van der Waals surface area contributed by atoms with Crippen molar-refractivity contribution < 1.29 is 19.4 Å². The first kappa shape index (κ1) is 17.3. The van der Waals surface area contributed by atoms with Crippen molar-refractivity contribution in [2.75, 3.05) is 6.61 Å². The summed E-state index contributed by atoms with van der Waals surface area (Å²) in [6.07, 6.45) is 0. The van der Waals surface area contributed by atoms with Gasteiger partial charge < -0.3 is 20.0 Å². The molecule has 0 heterocycles. The molecule has 21 heavy (non-hydrogen) atoms. The number of aliphatic carboxylic acids is 1. The van der Waals surface area contributed by atoms with Crippen molar-refractivity contribution in [3.05, 3.63) is 28.3 Å². The van der Waals surface area contributed by atoms with Gasteiger partial charge in [-0.3, -0.25) is 4.79 Å². The van der Waals surface area contributed by atoms with Gasteiger partial charge in [-0.15, -0.1) is 0 Å². The summed E-state index contributed by atoms with van der Waals surface area (Å²) in [5, 5.41) is 13.9. The third-order valence-electron chi connectivity index (χ3n) is 3.02. The second-order valence-electron chi connectivity index (χ2n) is 5.27. The zero-order valence-electron chi connectivity index (χ0n) is 12.5. The SMILES string of the molecule is Cc1cc(OCC(=O)N[C@H](C(=O)[O-])C(C)C)cc(C)c1Cl. The van der Waals surface area contributed by atoms with Crippen LogP contribution >= 0.6 is 11.6 Å². The summed E-state index contributed by atoms with van der Waals surface area (Å²) in [4.78, 5) is 22.6. The number of rotatable bonds is 6. The summed E-state index contributed by atoms with van der Waals surface area (Å²) < 4.78 is 5.36. The lowest BCUT2D eigenvalue weighted by atomic mass is 10.1. The molecule has 116 valence electrons. The van der Waals surface area contributed by atoms with E-state index < -0.39 is 17.9 Å². The Balaban J connectivity index is 2.63. The van der Waals surface area contributed by atoms with Crippen LogP contribution in [0, 0.1) is 19.8 Å². The molecule has 0 unspecified atom stereocenters. The summed E-state index contributed by atoms with van der Waals surface area (Å²) in [6.45, 7) is 6.79. The minimum atomic E-state index is -1.31. The smallest absolute Gasteiger partial charge is 0.258 e. The standard InChI is InChI=1S/C15H20ClNO4/c1-8(2)14(15(19)20)17-12(18)7-21-11-5-9(3)13(16)10(4)6-11/h5-6,8,14H,7H2,1-4H3,(H,17,18)(H,19,20)/p-1/t14-/m0/s1. The molecular weight excluding hydrogens is 294 g/mol. The molecule has 0 fully saturated rings. The maximum absolute atomic E-state index is 11.7. The molecule has 0 radical (unpaired) electrons. The number of amides is 1.